The van der Waals surface area contributed by atoms with Crippen molar-refractivity contribution >= 4 is 121 Å². The minimum absolute atomic E-state index is 0.00650. The number of primary amides is 1. The molecule has 0 saturated heterocycles. The smallest absolute Gasteiger partial charge is 0.243 e. The van der Waals surface area contributed by atoms with Gasteiger partial charge < -0.3 is 124 Å². The quantitative estimate of drug-likeness (QED) is 0.0121. The summed E-state index contributed by atoms with van der Waals surface area (Å²) < 4.78 is 0. The van der Waals surface area contributed by atoms with Crippen LogP contribution in [0, 0.1) is 21.6 Å². The molecule has 8 aromatic rings. The molecule has 0 aliphatic heterocycles. The maximum Gasteiger partial charge on any atom is 0.243 e. The van der Waals surface area contributed by atoms with Crippen LogP contribution in [0.25, 0.3) is 43.6 Å². The Labute approximate surface area is 634 Å². The second-order valence-corrected chi connectivity index (χ2v) is 27.0. The van der Waals surface area contributed by atoms with Crippen molar-refractivity contribution in [1.29, 1.82) is 21.6 Å². The van der Waals surface area contributed by atoms with Crippen LogP contribution in [-0.4, -0.2) is 184 Å². The minimum Gasteiger partial charge on any atom is -0.370 e. The number of benzene rings is 4. The van der Waals surface area contributed by atoms with Crippen LogP contribution in [0.5, 0.6) is 0 Å². The molecule has 588 valence electrons. The normalized spacial score (nSPS) is 13.7. The van der Waals surface area contributed by atoms with Crippen molar-refractivity contribution in [3.63, 3.8) is 0 Å². The van der Waals surface area contributed by atoms with Crippen molar-refractivity contribution in [3.05, 3.63) is 144 Å². The zero-order valence-electron chi connectivity index (χ0n) is 61.1. The SMILES string of the molecule is N=C(N)NCCC[C@H](NC(=O)[C@@H](N)CCCNC(=N)N)C(=O)NCCCC[C@H](NC(=O)[C@H](CCCNC(=N)N)NC(=O)[C@@H](N)CCCNC(=N)N)C(=O)N[C@@H](Cc1c[nH]c2ccccc12)C(=O)N[C@@H](Cc1c[nH]c2ccccc12)C(=O)N[C@@H](Cc1c[nH]c2ccccc12)C(=O)N[C@@H](Cc1c[nH]c2ccccc12)C(N)=O. The molecule has 0 unspecified atom stereocenters. The summed E-state index contributed by atoms with van der Waals surface area (Å²) in [6.07, 6.45) is 7.94. The molecule has 4 aromatic carbocycles. The van der Waals surface area contributed by atoms with Crippen LogP contribution in [0.3, 0.4) is 0 Å². The first-order valence-electron chi connectivity index (χ1n) is 36.5. The van der Waals surface area contributed by atoms with E-state index in [2.05, 4.69) is 83.7 Å². The fourth-order valence-corrected chi connectivity index (χ4v) is 12.9. The number of carbonyl (C=O) groups excluding carboxylic acids is 9. The number of H-pyrrole nitrogens is 4. The van der Waals surface area contributed by atoms with E-state index in [0.29, 0.717) is 63.3 Å². The van der Waals surface area contributed by atoms with Gasteiger partial charge in [0.25, 0.3) is 0 Å². The number of carbonyl (C=O) groups is 9. The highest BCUT2D eigenvalue weighted by molar-refractivity contribution is 5.99. The summed E-state index contributed by atoms with van der Waals surface area (Å²) in [7, 11) is 0. The van der Waals surface area contributed by atoms with E-state index < -0.39 is 108 Å². The number of hydrogen-bond acceptors (Lipinski definition) is 15. The molecule has 36 heteroatoms. The van der Waals surface area contributed by atoms with E-state index in [0.717, 1.165) is 21.8 Å². The van der Waals surface area contributed by atoms with Crippen LogP contribution in [0.2, 0.25) is 0 Å². The molecule has 0 aliphatic rings. The first-order valence-corrected chi connectivity index (χ1v) is 36.5. The fourth-order valence-electron chi connectivity index (χ4n) is 12.9. The van der Waals surface area contributed by atoms with Gasteiger partial charge >= 0.3 is 0 Å². The van der Waals surface area contributed by atoms with Crippen molar-refractivity contribution in [2.24, 2.45) is 40.1 Å². The molecule has 0 bridgehead atoms. The number of aromatic nitrogens is 4. The number of nitrogens with one attached hydrogen (secondary N) is 20. The molecule has 0 fully saturated rings. The molecule has 0 saturated carbocycles. The van der Waals surface area contributed by atoms with E-state index in [-0.39, 0.29) is 134 Å². The Morgan fingerprint density at radius 1 is 0.291 bits per heavy atom. The van der Waals surface area contributed by atoms with Gasteiger partial charge in [0.1, 0.15) is 42.3 Å². The first-order chi connectivity index (χ1) is 52.8. The molecule has 9 atom stereocenters. The van der Waals surface area contributed by atoms with Crippen molar-refractivity contribution in [2.75, 3.05) is 32.7 Å². The number of guanidine groups is 4. The van der Waals surface area contributed by atoms with Crippen LogP contribution < -0.4 is 104 Å². The van der Waals surface area contributed by atoms with Gasteiger partial charge in [-0.2, -0.15) is 0 Å². The zero-order chi connectivity index (χ0) is 79.2. The zero-order valence-corrected chi connectivity index (χ0v) is 61.1. The molecule has 0 spiro atoms. The largest absolute Gasteiger partial charge is 0.370 e. The summed E-state index contributed by atoms with van der Waals surface area (Å²) in [6, 6.07) is 17.5. The van der Waals surface area contributed by atoms with Crippen molar-refractivity contribution in [2.45, 2.75) is 151 Å². The summed E-state index contributed by atoms with van der Waals surface area (Å²) in [5, 5.41) is 66.4. The molecular weight excluding hydrogens is 1410 g/mol. The molecule has 0 radical (unpaired) electrons. The predicted molar refractivity (Wildman–Crippen MR) is 420 cm³/mol. The third-order valence-electron chi connectivity index (χ3n) is 18.7. The van der Waals surface area contributed by atoms with Gasteiger partial charge in [-0.1, -0.05) is 72.8 Å². The van der Waals surface area contributed by atoms with E-state index in [1.807, 2.05) is 91.0 Å². The number of unbranched alkanes of at least 4 members (excludes halogenated alkanes) is 1. The van der Waals surface area contributed by atoms with Crippen LogP contribution in [0.4, 0.5) is 0 Å². The topological polar surface area (TPSA) is 639 Å². The third-order valence-corrected chi connectivity index (χ3v) is 18.7. The summed E-state index contributed by atoms with van der Waals surface area (Å²) >= 11 is 0. The number of fused-ring (bicyclic) bond motifs is 4. The Bertz CT molecular complexity index is 4530. The standard InChI is InChI=1S/C74H103N27O9/c75-49(19-11-29-87-71(78)79)63(103)95-55(26-13-31-89-73(82)83)65(105)86-28-10-9-25-56(97-66(106)57(27-14-32-90-74(84)85)96-64(104)50(76)20-12-30-88-72(80)81)67(107)99-60(35-43-39-93-53-23-7-3-17-47(43)53)69(109)101-61(36-44-40-94-54-24-8-4-18-48(44)54)70(110)100-59(34-42-38-92-52-22-6-2-16-46(42)52)68(108)98-58(62(77)102)33-41-37-91-51-21-5-1-15-45(41)51/h1-8,15-18,21-24,37-40,49-50,55-61,91-94H,9-14,19-20,25-36,75-76H2,(H2,77,102)(H,86,105)(H,95,103)(H,96,104)(H,97,106)(H,98,108)(H,99,107)(H,100,110)(H,101,109)(H4,78,79,87)(H4,80,81,88)(H4,82,83,89)(H4,84,85,90)/t49-,50-,55-,56-,57-,58-,59-,60-,61-/m0/s1. The second-order valence-electron chi connectivity index (χ2n) is 27.0. The second kappa shape index (κ2) is 41.4. The number of amides is 9. The Kier molecular flexibility index (Phi) is 31.2. The molecule has 110 heavy (non-hydrogen) atoms. The summed E-state index contributed by atoms with van der Waals surface area (Å²) in [6.45, 7) is 0.793. The Hall–Kier alpha value is -12.7. The van der Waals surface area contributed by atoms with Gasteiger partial charge in [0.15, 0.2) is 23.8 Å². The molecule has 0 aliphatic carbocycles. The first kappa shape index (κ1) is 82.9. The van der Waals surface area contributed by atoms with Gasteiger partial charge in [-0.05, 0) is 117 Å². The van der Waals surface area contributed by atoms with Crippen molar-refractivity contribution in [1.82, 2.24) is 83.7 Å². The summed E-state index contributed by atoms with van der Waals surface area (Å²) in [5.41, 5.74) is 45.9. The number of rotatable bonds is 45. The van der Waals surface area contributed by atoms with Crippen LogP contribution in [0.1, 0.15) is 92.9 Å². The van der Waals surface area contributed by atoms with Gasteiger partial charge in [0, 0.05) is 127 Å². The molecule has 34 N–H and O–H groups in total. The van der Waals surface area contributed by atoms with E-state index >= 15 is 19.2 Å². The highest BCUT2D eigenvalue weighted by atomic mass is 16.2. The Balaban J connectivity index is 1.10. The van der Waals surface area contributed by atoms with Crippen LogP contribution >= 0.6 is 0 Å². The summed E-state index contributed by atoms with van der Waals surface area (Å²) in [4.78, 5) is 144. The van der Waals surface area contributed by atoms with E-state index in [4.69, 9.17) is 61.8 Å². The average molecular weight is 1510 g/mol. The molecule has 36 nitrogen and oxygen atoms in total. The van der Waals surface area contributed by atoms with Gasteiger partial charge in [-0.15, -0.1) is 0 Å². The fraction of sp³-hybridized carbons (Fsp3) is 0.392. The lowest BCUT2D eigenvalue weighted by Gasteiger charge is -2.28. The lowest BCUT2D eigenvalue weighted by atomic mass is 9.99. The van der Waals surface area contributed by atoms with Crippen molar-refractivity contribution in [3.8, 4) is 0 Å². The number of nitrogens with two attached hydrogens (primary N) is 7. The molecule has 4 heterocycles. The highest BCUT2D eigenvalue weighted by Gasteiger charge is 2.36. The number of para-hydroxylation sites is 4. The third kappa shape index (κ3) is 25.2. The Morgan fingerprint density at radius 3 is 0.855 bits per heavy atom. The maximum absolute atomic E-state index is 15.7. The van der Waals surface area contributed by atoms with Gasteiger partial charge in [-0.25, -0.2) is 0 Å². The number of hydrogen-bond donors (Lipinski definition) is 27. The lowest BCUT2D eigenvalue weighted by molar-refractivity contribution is -0.135. The average Bonchev–Trinajstić information content (AvgIpc) is 1.66. The monoisotopic (exact) mass is 1510 g/mol. The Morgan fingerprint density at radius 2 is 0.536 bits per heavy atom. The summed E-state index contributed by atoms with van der Waals surface area (Å²) in [5.74, 6) is -8.12. The van der Waals surface area contributed by atoms with Gasteiger partial charge in [-0.3, -0.25) is 64.8 Å². The van der Waals surface area contributed by atoms with E-state index in [1.54, 1.807) is 30.9 Å². The molecular formula is C74H103N27O9. The maximum atomic E-state index is 15.7. The molecule has 8 rings (SSSR count). The predicted octanol–water partition coefficient (Wildman–Crippen LogP) is -1.24. The van der Waals surface area contributed by atoms with Gasteiger partial charge in [0.05, 0.1) is 12.1 Å². The van der Waals surface area contributed by atoms with E-state index in [1.165, 1.54) is 0 Å². The molecule has 4 aromatic heterocycles. The lowest BCUT2D eigenvalue weighted by Crippen LogP contribution is -2.60. The van der Waals surface area contributed by atoms with Crippen molar-refractivity contribution < 1.29 is 43.2 Å². The van der Waals surface area contributed by atoms with E-state index in [9.17, 15) is 24.0 Å². The number of aromatic amines is 4. The molecule has 9 amide bonds. The minimum atomic E-state index is -1.54. The van der Waals surface area contributed by atoms with Crippen LogP contribution in [0.15, 0.2) is 122 Å². The highest BCUT2D eigenvalue weighted by Crippen LogP contribution is 2.25. The van der Waals surface area contributed by atoms with Gasteiger partial charge in [0.2, 0.25) is 53.2 Å². The van der Waals surface area contributed by atoms with Crippen LogP contribution in [-0.2, 0) is 68.8 Å².